The molecule has 22 atom stereocenters. The Morgan fingerprint density at radius 3 is 1.23 bits per heavy atom. The maximum absolute atomic E-state index is 15.4. The summed E-state index contributed by atoms with van der Waals surface area (Å²) in [6, 6.07) is 22.3. The van der Waals surface area contributed by atoms with Crippen LogP contribution in [-0.4, -0.2) is 286 Å². The van der Waals surface area contributed by atoms with E-state index in [0.717, 1.165) is 119 Å². The zero-order valence-electron chi connectivity index (χ0n) is 72.4. The van der Waals surface area contributed by atoms with E-state index in [1.807, 2.05) is 74.1 Å². The molecule has 0 amide bonds. The van der Waals surface area contributed by atoms with Gasteiger partial charge in [-0.15, -0.1) is 0 Å². The fourth-order valence-electron chi connectivity index (χ4n) is 27.7. The Hall–Kier alpha value is -8.99. The lowest BCUT2D eigenvalue weighted by Gasteiger charge is -2.63. The summed E-state index contributed by atoms with van der Waals surface area (Å²) in [5.41, 5.74) is -1.25. The maximum atomic E-state index is 15.4. The van der Waals surface area contributed by atoms with E-state index in [1.54, 1.807) is 14.2 Å². The van der Waals surface area contributed by atoms with Gasteiger partial charge >= 0.3 is 46.2 Å². The SMILES string of the molecule is CC[C@]12CN3CCc4c([nH]c5ccccc45)[C@@](C(=O)OC)(c4cc5c(cc4OC)N(C)[C@H]4[C@@](O)(C(=O)OC)[C@H](OC(C)=O)[C@]6(CC)C=CCN7CC[C@]54[C@@H]76)C[C@@H](C3)[C@H]1O2.CC[C@]12CN3CCc4c([nH]c5ccccc45)[C@@](C(=O)OC)(c4cc5c(cc4OC)N(C)[C@H]4[C@@](O)(C(=O)OC)[C@H](OC(C)=O)[C@]6(CC)C=CCN7CC[C@]54[C@@H]76)C[C@@H](C3)[C@H]1O2.O=S(=O)(O)O. The molecule has 31 heteroatoms. The average Bonchev–Trinajstić information content (AvgIpc) is 1.51. The van der Waals surface area contributed by atoms with Gasteiger partial charge in [0.1, 0.15) is 33.5 Å². The van der Waals surface area contributed by atoms with Crippen LogP contribution in [0.4, 0.5) is 11.4 Å². The number of carbonyl (C=O) groups excluding carboxylic acids is 6. The summed E-state index contributed by atoms with van der Waals surface area (Å²) >= 11 is 0. The Morgan fingerprint density at radius 2 is 0.886 bits per heavy atom. The van der Waals surface area contributed by atoms with Crippen molar-refractivity contribution in [2.24, 2.45) is 22.7 Å². The molecule has 8 fully saturated rings. The van der Waals surface area contributed by atoms with Gasteiger partial charge in [0.15, 0.2) is 12.2 Å². The first-order valence-electron chi connectivity index (χ1n) is 43.3. The number of nitrogens with zero attached hydrogens (tertiary/aromatic N) is 6. The van der Waals surface area contributed by atoms with Gasteiger partial charge in [0.25, 0.3) is 0 Å². The number of esters is 6. The van der Waals surface area contributed by atoms with Gasteiger partial charge in [-0.3, -0.25) is 47.9 Å². The minimum absolute atomic E-state index is 0.00603. The van der Waals surface area contributed by atoms with E-state index in [2.05, 4.69) is 104 Å². The number of H-pyrrole nitrogens is 2. The molecule has 6 N–H and O–H groups in total. The number of epoxide rings is 2. The monoisotopic (exact) mass is 1710 g/mol. The molecule has 6 saturated heterocycles. The Labute approximate surface area is 715 Å². The molecule has 660 valence electrons. The summed E-state index contributed by atoms with van der Waals surface area (Å²) < 4.78 is 92.9. The Bertz CT molecular complexity index is 5210. The number of carbonyl (C=O) groups is 6. The molecule has 12 aliphatic heterocycles. The molecule has 4 bridgehead atoms. The zero-order valence-corrected chi connectivity index (χ0v) is 73.2. The Kier molecular flexibility index (Phi) is 20.4. The van der Waals surface area contributed by atoms with Gasteiger partial charge in [0.05, 0.1) is 67.0 Å². The van der Waals surface area contributed by atoms with Crippen LogP contribution in [0.25, 0.3) is 21.8 Å². The van der Waals surface area contributed by atoms with Crippen molar-refractivity contribution in [3.05, 3.63) is 142 Å². The normalized spacial score (nSPS) is 37.6. The molecule has 123 heavy (non-hydrogen) atoms. The molecule has 0 radical (unpaired) electrons. The number of aromatic amines is 2. The van der Waals surface area contributed by atoms with Crippen molar-refractivity contribution < 1.29 is 104 Å². The summed E-state index contributed by atoms with van der Waals surface area (Å²) in [5, 5.41) is 28.8. The quantitative estimate of drug-likeness (QED) is 0.0204. The number of methoxy groups -OCH3 is 6. The van der Waals surface area contributed by atoms with Crippen LogP contribution >= 0.6 is 0 Å². The lowest BCUT2D eigenvalue weighted by atomic mass is 9.47. The van der Waals surface area contributed by atoms with Crippen LogP contribution in [0.3, 0.4) is 0 Å². The summed E-state index contributed by atoms with van der Waals surface area (Å²) in [4.78, 5) is 107. The standard InChI is InChI=1S/2C46H56N4O9.H2O4S/c2*1-8-42-16-12-18-50-20-17-44(37(42)50)30-21-31(34(55-5)22-33(30)48(4)38(44)46(54,41(53)57-7)39(42)58-26(3)51)45(40(52)56-6)23-27-24-49(25-43(9-2)36(27)59-43)19-15-29-28-13-10-11-14-32(28)47-35(29)45;1-5(2,3)4/h2*10-14,16,21-22,27,36-39,47,54H,8-9,15,17-20,23-25H2,1-7H3;(H2,1,2,3,4)/t2*27-,36+,37-,38+,39+,42+,43-,44+,45-,46-;/m00./s1. The molecular weight excluding hydrogens is 1600 g/mol. The third-order valence-electron chi connectivity index (χ3n) is 32.1. The number of anilines is 2. The molecule has 14 heterocycles. The number of para-hydroxylation sites is 2. The lowest BCUT2D eigenvalue weighted by molar-refractivity contribution is -0.229. The molecule has 2 saturated carbocycles. The van der Waals surface area contributed by atoms with Crippen LogP contribution in [-0.2, 0) is 112 Å². The van der Waals surface area contributed by atoms with Crippen LogP contribution in [0.1, 0.15) is 138 Å². The topological polar surface area (TPSA) is 367 Å². The fourth-order valence-corrected chi connectivity index (χ4v) is 27.7. The number of fused-ring (bicyclic) bond motifs is 16. The van der Waals surface area contributed by atoms with Crippen molar-refractivity contribution in [2.75, 3.05) is 132 Å². The first-order valence-corrected chi connectivity index (χ1v) is 44.7. The van der Waals surface area contributed by atoms with Gasteiger partial charge < -0.3 is 77.3 Å². The van der Waals surface area contributed by atoms with Gasteiger partial charge in [0.2, 0.25) is 11.2 Å². The number of nitrogens with one attached hydrogen (secondary N) is 2. The number of aromatic nitrogens is 2. The molecule has 20 rings (SSSR count). The minimum Gasteiger partial charge on any atom is -0.496 e. The van der Waals surface area contributed by atoms with Crippen LogP contribution in [0, 0.1) is 22.7 Å². The smallest absolute Gasteiger partial charge is 0.394 e. The van der Waals surface area contributed by atoms with Crippen LogP contribution in [0.15, 0.2) is 97.1 Å². The number of aliphatic hydroxyl groups is 2. The first kappa shape index (κ1) is 84.8. The van der Waals surface area contributed by atoms with Gasteiger partial charge in [0, 0.05) is 194 Å². The highest BCUT2D eigenvalue weighted by molar-refractivity contribution is 7.79. The van der Waals surface area contributed by atoms with Gasteiger partial charge in [-0.1, -0.05) is 88.4 Å². The highest BCUT2D eigenvalue weighted by Crippen LogP contribution is 2.72. The number of piperidine rings is 2. The number of hydrogen-bond donors (Lipinski definition) is 6. The molecule has 2 aromatic heterocycles. The van der Waals surface area contributed by atoms with Gasteiger partial charge in [-0.05, 0) is 124 Å². The third-order valence-corrected chi connectivity index (χ3v) is 32.1. The van der Waals surface area contributed by atoms with Crippen molar-refractivity contribution in [3.63, 3.8) is 0 Å². The summed E-state index contributed by atoms with van der Waals surface area (Å²) in [6.07, 6.45) is 11.9. The highest BCUT2D eigenvalue weighted by Gasteiger charge is 2.83. The van der Waals surface area contributed by atoms with Crippen molar-refractivity contribution in [3.8, 4) is 11.5 Å². The summed E-state index contributed by atoms with van der Waals surface area (Å²) in [7, 11) is 7.80. The maximum Gasteiger partial charge on any atom is 0.394 e. The minimum atomic E-state index is -4.67. The number of likely N-dealkylation sites (N-methyl/N-ethyl adjacent to an activating group) is 2. The highest BCUT2D eigenvalue weighted by atomic mass is 32.3. The molecule has 6 aromatic rings. The Balaban J connectivity index is 0.000000159. The zero-order chi connectivity index (χ0) is 87.4. The van der Waals surface area contributed by atoms with E-state index in [1.165, 1.54) is 42.3 Å². The van der Waals surface area contributed by atoms with Crippen LogP contribution in [0.5, 0.6) is 11.5 Å². The van der Waals surface area contributed by atoms with Crippen molar-refractivity contribution >= 4 is 79.4 Å². The number of rotatable bonds is 14. The van der Waals surface area contributed by atoms with Crippen LogP contribution in [0.2, 0.25) is 0 Å². The molecule has 30 nitrogen and oxygen atoms in total. The second kappa shape index (κ2) is 29.6. The van der Waals surface area contributed by atoms with E-state index in [-0.39, 0.29) is 47.3 Å². The van der Waals surface area contributed by atoms with E-state index >= 15 is 9.59 Å². The largest absolute Gasteiger partial charge is 0.496 e. The molecule has 4 aromatic carbocycles. The second-order valence-electron chi connectivity index (χ2n) is 37.0. The molecule has 14 aliphatic rings. The van der Waals surface area contributed by atoms with E-state index < -0.39 is 114 Å². The van der Waals surface area contributed by atoms with Gasteiger partial charge in [-0.25, -0.2) is 9.59 Å². The van der Waals surface area contributed by atoms with E-state index in [4.69, 9.17) is 64.9 Å². The van der Waals surface area contributed by atoms with E-state index in [0.29, 0.717) is 100 Å². The molecule has 2 aliphatic carbocycles. The summed E-state index contributed by atoms with van der Waals surface area (Å²) in [5.74, 6) is -2.73. The second-order valence-corrected chi connectivity index (χ2v) is 37.9. The first-order chi connectivity index (χ1) is 58.7. The average molecular weight is 1720 g/mol. The van der Waals surface area contributed by atoms with Crippen molar-refractivity contribution in [2.45, 2.75) is 198 Å². The summed E-state index contributed by atoms with van der Waals surface area (Å²) in [6.45, 7) is 18.6. The third kappa shape index (κ3) is 11.6. The fraction of sp³-hybridized carbons (Fsp3) is 0.587. The molecular formula is C92H114N8O22S. The van der Waals surface area contributed by atoms with Crippen molar-refractivity contribution in [1.29, 1.82) is 0 Å². The molecule has 2 unspecified atom stereocenters. The number of benzene rings is 4. The lowest BCUT2D eigenvalue weighted by Crippen LogP contribution is -2.81. The van der Waals surface area contributed by atoms with Crippen molar-refractivity contribution in [1.82, 2.24) is 29.6 Å². The molecule has 2 spiro atoms. The van der Waals surface area contributed by atoms with E-state index in [9.17, 15) is 29.4 Å². The Morgan fingerprint density at radius 1 is 0.512 bits per heavy atom. The predicted octanol–water partition coefficient (Wildman–Crippen LogP) is 7.36. The number of ether oxygens (including phenoxy) is 10. The number of hydrogen-bond acceptors (Lipinski definition) is 26. The van der Waals surface area contributed by atoms with Gasteiger partial charge in [-0.2, -0.15) is 8.42 Å². The predicted molar refractivity (Wildman–Crippen MR) is 451 cm³/mol. The van der Waals surface area contributed by atoms with Crippen LogP contribution < -0.4 is 19.3 Å².